The Labute approximate surface area is 124 Å². The number of amides is 1. The van der Waals surface area contributed by atoms with Crippen molar-refractivity contribution in [1.82, 2.24) is 14.9 Å². The number of sulfone groups is 1. The fourth-order valence-electron chi connectivity index (χ4n) is 2.31. The second-order valence-electron chi connectivity index (χ2n) is 4.99. The van der Waals surface area contributed by atoms with E-state index in [1.54, 1.807) is 11.0 Å². The highest BCUT2D eigenvalue weighted by molar-refractivity contribution is 7.91. The van der Waals surface area contributed by atoms with Gasteiger partial charge in [-0.3, -0.25) is 4.79 Å². The maximum atomic E-state index is 12.2. The number of carbonyl (C=O) groups is 1. The number of anilines is 1. The Bertz CT molecular complexity index is 614. The molecule has 1 amide bonds. The minimum Gasteiger partial charge on any atom is -0.350 e. The van der Waals surface area contributed by atoms with E-state index in [2.05, 4.69) is 15.3 Å². The third-order valence-electron chi connectivity index (χ3n) is 3.49. The summed E-state index contributed by atoms with van der Waals surface area (Å²) in [6.45, 7) is 5.04. The molecule has 0 spiro atoms. The molecule has 1 aliphatic heterocycles. The van der Waals surface area contributed by atoms with Crippen molar-refractivity contribution in [3.8, 4) is 0 Å². The van der Waals surface area contributed by atoms with Gasteiger partial charge in [0.05, 0.1) is 11.5 Å². The molecule has 7 nitrogen and oxygen atoms in total. The third kappa shape index (κ3) is 3.90. The van der Waals surface area contributed by atoms with Crippen LogP contribution in [0.25, 0.3) is 0 Å². The van der Waals surface area contributed by atoms with Crippen LogP contribution in [0, 0.1) is 0 Å². The van der Waals surface area contributed by atoms with E-state index >= 15 is 0 Å². The molecule has 1 fully saturated rings. The largest absolute Gasteiger partial charge is 0.350 e. The zero-order valence-corrected chi connectivity index (χ0v) is 13.1. The lowest BCUT2D eigenvalue weighted by Gasteiger charge is -2.18. The molecule has 0 aromatic carbocycles. The molecule has 1 unspecified atom stereocenters. The van der Waals surface area contributed by atoms with Gasteiger partial charge in [0.25, 0.3) is 5.91 Å². The molecule has 1 aromatic heterocycles. The van der Waals surface area contributed by atoms with Gasteiger partial charge in [-0.2, -0.15) is 0 Å². The van der Waals surface area contributed by atoms with Crippen LogP contribution in [0.15, 0.2) is 12.3 Å². The van der Waals surface area contributed by atoms with E-state index < -0.39 is 9.84 Å². The summed E-state index contributed by atoms with van der Waals surface area (Å²) in [5.41, 5.74) is 0.317. The minimum absolute atomic E-state index is 0.0879. The first-order chi connectivity index (χ1) is 9.95. The molecule has 1 aliphatic rings. The molecule has 8 heteroatoms. The van der Waals surface area contributed by atoms with E-state index in [9.17, 15) is 13.2 Å². The number of hydrogen-bond acceptors (Lipinski definition) is 6. The topological polar surface area (TPSA) is 92.3 Å². The van der Waals surface area contributed by atoms with Crippen LogP contribution in [0.5, 0.6) is 0 Å². The third-order valence-corrected chi connectivity index (χ3v) is 5.26. The zero-order chi connectivity index (χ0) is 15.5. The van der Waals surface area contributed by atoms with Crippen molar-refractivity contribution in [1.29, 1.82) is 0 Å². The summed E-state index contributed by atoms with van der Waals surface area (Å²) in [4.78, 5) is 22.1. The van der Waals surface area contributed by atoms with Crippen molar-refractivity contribution < 1.29 is 13.2 Å². The molecule has 1 aromatic rings. The number of rotatable bonds is 5. The molecule has 0 bridgehead atoms. The highest BCUT2D eigenvalue weighted by atomic mass is 32.2. The van der Waals surface area contributed by atoms with Crippen LogP contribution in [0.2, 0.25) is 0 Å². The van der Waals surface area contributed by atoms with Gasteiger partial charge in [-0.25, -0.2) is 18.4 Å². The monoisotopic (exact) mass is 312 g/mol. The van der Waals surface area contributed by atoms with Gasteiger partial charge < -0.3 is 10.2 Å². The summed E-state index contributed by atoms with van der Waals surface area (Å²) in [7, 11) is -2.96. The first-order valence-corrected chi connectivity index (χ1v) is 8.86. The molecule has 2 heterocycles. The molecule has 1 N–H and O–H groups in total. The van der Waals surface area contributed by atoms with E-state index in [0.717, 1.165) is 0 Å². The van der Waals surface area contributed by atoms with E-state index in [4.69, 9.17) is 0 Å². The maximum absolute atomic E-state index is 12.2. The Hall–Kier alpha value is -1.70. The summed E-state index contributed by atoms with van der Waals surface area (Å²) in [5.74, 6) is 0.424. The van der Waals surface area contributed by atoms with E-state index in [1.807, 2.05) is 13.8 Å². The SMILES string of the molecule is CCN(CC)C(=O)c1ccnc(NC2CCS(=O)(=O)C2)n1. The van der Waals surface area contributed by atoms with Gasteiger partial charge in [0.15, 0.2) is 9.84 Å². The highest BCUT2D eigenvalue weighted by Gasteiger charge is 2.28. The van der Waals surface area contributed by atoms with E-state index in [0.29, 0.717) is 31.2 Å². The Balaban J connectivity index is 2.09. The summed E-state index contributed by atoms with van der Waals surface area (Å²) in [5, 5.41) is 2.99. The van der Waals surface area contributed by atoms with Gasteiger partial charge in [-0.05, 0) is 26.3 Å². The van der Waals surface area contributed by atoms with Crippen LogP contribution in [0.1, 0.15) is 30.8 Å². The zero-order valence-electron chi connectivity index (χ0n) is 12.2. The van der Waals surface area contributed by atoms with Crippen LogP contribution in [0.4, 0.5) is 5.95 Å². The van der Waals surface area contributed by atoms with Crippen LogP contribution in [0.3, 0.4) is 0 Å². The number of nitrogens with zero attached hydrogens (tertiary/aromatic N) is 3. The van der Waals surface area contributed by atoms with Crippen molar-refractivity contribution >= 4 is 21.7 Å². The van der Waals surface area contributed by atoms with Crippen LogP contribution < -0.4 is 5.32 Å². The first-order valence-electron chi connectivity index (χ1n) is 7.04. The van der Waals surface area contributed by atoms with Gasteiger partial charge in [-0.1, -0.05) is 0 Å². The fourth-order valence-corrected chi connectivity index (χ4v) is 3.98. The van der Waals surface area contributed by atoms with Gasteiger partial charge >= 0.3 is 0 Å². The molecule has 2 rings (SSSR count). The van der Waals surface area contributed by atoms with Crippen molar-refractivity contribution in [2.75, 3.05) is 29.9 Å². The molecule has 0 radical (unpaired) electrons. The van der Waals surface area contributed by atoms with Crippen molar-refractivity contribution in [3.63, 3.8) is 0 Å². The Morgan fingerprint density at radius 3 is 2.71 bits per heavy atom. The van der Waals surface area contributed by atoms with Crippen molar-refractivity contribution in [2.45, 2.75) is 26.3 Å². The lowest BCUT2D eigenvalue weighted by Crippen LogP contribution is -2.31. The second kappa shape index (κ2) is 6.38. The van der Waals surface area contributed by atoms with E-state index in [1.165, 1.54) is 6.20 Å². The fraction of sp³-hybridized carbons (Fsp3) is 0.615. The van der Waals surface area contributed by atoms with Crippen molar-refractivity contribution in [2.24, 2.45) is 0 Å². The van der Waals surface area contributed by atoms with Crippen LogP contribution >= 0.6 is 0 Å². The van der Waals surface area contributed by atoms with Gasteiger partial charge in [0, 0.05) is 25.3 Å². The Morgan fingerprint density at radius 2 is 2.14 bits per heavy atom. The molecule has 0 aliphatic carbocycles. The van der Waals surface area contributed by atoms with Crippen molar-refractivity contribution in [3.05, 3.63) is 18.0 Å². The Kier molecular flexibility index (Phi) is 4.76. The summed E-state index contributed by atoms with van der Waals surface area (Å²) in [6.07, 6.45) is 2.05. The number of carbonyl (C=O) groups excluding carboxylic acids is 1. The number of aromatic nitrogens is 2. The summed E-state index contributed by atoms with van der Waals surface area (Å²) < 4.78 is 22.9. The molecular formula is C13H20N4O3S. The molecule has 1 atom stereocenters. The maximum Gasteiger partial charge on any atom is 0.272 e. The van der Waals surface area contributed by atoms with Crippen LogP contribution in [-0.4, -0.2) is 59.8 Å². The average molecular weight is 312 g/mol. The predicted molar refractivity (Wildman–Crippen MR) is 80.0 cm³/mol. The van der Waals surface area contributed by atoms with Gasteiger partial charge in [-0.15, -0.1) is 0 Å². The average Bonchev–Trinajstić information content (AvgIpc) is 2.79. The van der Waals surface area contributed by atoms with Gasteiger partial charge in [0.2, 0.25) is 5.95 Å². The molecule has 1 saturated heterocycles. The Morgan fingerprint density at radius 1 is 1.43 bits per heavy atom. The minimum atomic E-state index is -2.96. The molecular weight excluding hydrogens is 292 g/mol. The highest BCUT2D eigenvalue weighted by Crippen LogP contribution is 2.15. The summed E-state index contributed by atoms with van der Waals surface area (Å²) >= 11 is 0. The molecule has 116 valence electrons. The normalized spacial score (nSPS) is 20.2. The van der Waals surface area contributed by atoms with Gasteiger partial charge in [0.1, 0.15) is 5.69 Å². The smallest absolute Gasteiger partial charge is 0.272 e. The second-order valence-corrected chi connectivity index (χ2v) is 7.22. The quantitative estimate of drug-likeness (QED) is 0.854. The summed E-state index contributed by atoms with van der Waals surface area (Å²) in [6, 6.07) is 1.38. The lowest BCUT2D eigenvalue weighted by atomic mass is 10.3. The predicted octanol–water partition coefficient (Wildman–Crippen LogP) is 0.558. The first kappa shape index (κ1) is 15.7. The number of hydrogen-bond donors (Lipinski definition) is 1. The standard InChI is InChI=1S/C13H20N4O3S/c1-3-17(4-2)12(18)11-5-7-14-13(16-11)15-10-6-8-21(19,20)9-10/h5,7,10H,3-4,6,8-9H2,1-2H3,(H,14,15,16). The van der Waals surface area contributed by atoms with E-state index in [-0.39, 0.29) is 23.5 Å². The van der Waals surface area contributed by atoms with Crippen LogP contribution in [-0.2, 0) is 9.84 Å². The molecule has 21 heavy (non-hydrogen) atoms. The molecule has 0 saturated carbocycles. The lowest BCUT2D eigenvalue weighted by molar-refractivity contribution is 0.0767. The number of nitrogens with one attached hydrogen (secondary N) is 1.